The minimum atomic E-state index is -1.03. The van der Waals surface area contributed by atoms with Crippen molar-refractivity contribution in [1.82, 2.24) is 10.3 Å². The highest BCUT2D eigenvalue weighted by Gasteiger charge is 2.22. The Morgan fingerprint density at radius 2 is 1.88 bits per heavy atom. The second-order valence-electron chi connectivity index (χ2n) is 6.02. The molecule has 128 valence electrons. The third-order valence-electron chi connectivity index (χ3n) is 3.66. The minimum absolute atomic E-state index is 0.171. The van der Waals surface area contributed by atoms with Gasteiger partial charge < -0.3 is 20.1 Å². The number of aliphatic carboxylic acids is 1. The van der Waals surface area contributed by atoms with E-state index in [-0.39, 0.29) is 5.92 Å². The summed E-state index contributed by atoms with van der Waals surface area (Å²) in [4.78, 5) is 26.4. The molecule has 0 spiro atoms. The van der Waals surface area contributed by atoms with Crippen LogP contribution in [0.5, 0.6) is 5.75 Å². The highest BCUT2D eigenvalue weighted by molar-refractivity contribution is 5.96. The number of H-pyrrole nitrogens is 1. The molecular formula is C18H22N2O4. The van der Waals surface area contributed by atoms with E-state index in [1.54, 1.807) is 19.4 Å². The average Bonchev–Trinajstić information content (AvgIpc) is 3.04. The number of aromatic amines is 1. The van der Waals surface area contributed by atoms with Crippen molar-refractivity contribution >= 4 is 11.9 Å². The van der Waals surface area contributed by atoms with E-state index < -0.39 is 17.9 Å². The van der Waals surface area contributed by atoms with Gasteiger partial charge in [0.1, 0.15) is 17.5 Å². The van der Waals surface area contributed by atoms with Crippen LogP contribution < -0.4 is 10.1 Å². The summed E-state index contributed by atoms with van der Waals surface area (Å²) in [5, 5.41) is 11.8. The van der Waals surface area contributed by atoms with E-state index in [4.69, 9.17) is 4.74 Å². The summed E-state index contributed by atoms with van der Waals surface area (Å²) < 4.78 is 5.12. The topological polar surface area (TPSA) is 91.4 Å². The van der Waals surface area contributed by atoms with Gasteiger partial charge in [-0.3, -0.25) is 4.79 Å². The third kappa shape index (κ3) is 4.38. The smallest absolute Gasteiger partial charge is 0.326 e. The van der Waals surface area contributed by atoms with Crippen molar-refractivity contribution in [2.24, 2.45) is 5.92 Å². The molecular weight excluding hydrogens is 308 g/mol. The zero-order chi connectivity index (χ0) is 17.7. The van der Waals surface area contributed by atoms with Crippen LogP contribution >= 0.6 is 0 Å². The number of hydrogen-bond acceptors (Lipinski definition) is 3. The van der Waals surface area contributed by atoms with Crippen LogP contribution in [0.2, 0.25) is 0 Å². The van der Waals surface area contributed by atoms with Gasteiger partial charge in [0, 0.05) is 6.20 Å². The molecule has 0 radical (unpaired) electrons. The van der Waals surface area contributed by atoms with E-state index in [0.717, 1.165) is 16.9 Å². The maximum Gasteiger partial charge on any atom is 0.326 e. The lowest BCUT2D eigenvalue weighted by atomic mass is 10.0. The fraction of sp³-hybridized carbons (Fsp3) is 0.333. The van der Waals surface area contributed by atoms with Crippen molar-refractivity contribution < 1.29 is 19.4 Å². The van der Waals surface area contributed by atoms with Crippen LogP contribution in [-0.4, -0.2) is 35.1 Å². The van der Waals surface area contributed by atoms with Crippen molar-refractivity contribution in [2.45, 2.75) is 26.3 Å². The van der Waals surface area contributed by atoms with Crippen LogP contribution in [-0.2, 0) is 4.79 Å². The number of carbonyl (C=O) groups is 2. The zero-order valence-electron chi connectivity index (χ0n) is 14.0. The summed E-state index contributed by atoms with van der Waals surface area (Å²) in [6, 6.07) is 8.26. The SMILES string of the molecule is COc1ccc(-c2c[nH]c(C(=O)N[C@@H](CC(C)C)C(=O)O)c2)cc1. The lowest BCUT2D eigenvalue weighted by Crippen LogP contribution is -2.41. The number of carbonyl (C=O) groups excluding carboxylic acids is 1. The first kappa shape index (κ1) is 17.6. The minimum Gasteiger partial charge on any atom is -0.497 e. The first-order chi connectivity index (χ1) is 11.4. The van der Waals surface area contributed by atoms with E-state index in [9.17, 15) is 14.7 Å². The van der Waals surface area contributed by atoms with Gasteiger partial charge in [-0.1, -0.05) is 26.0 Å². The molecule has 6 nitrogen and oxygen atoms in total. The van der Waals surface area contributed by atoms with Gasteiger partial charge in [-0.2, -0.15) is 0 Å². The highest BCUT2D eigenvalue weighted by Crippen LogP contribution is 2.23. The normalized spacial score (nSPS) is 12.0. The lowest BCUT2D eigenvalue weighted by molar-refractivity contribution is -0.139. The first-order valence-electron chi connectivity index (χ1n) is 7.77. The second kappa shape index (κ2) is 7.68. The van der Waals surface area contributed by atoms with E-state index in [2.05, 4.69) is 10.3 Å². The van der Waals surface area contributed by atoms with Crippen LogP contribution in [0.25, 0.3) is 11.1 Å². The van der Waals surface area contributed by atoms with Gasteiger partial charge in [-0.15, -0.1) is 0 Å². The number of methoxy groups -OCH3 is 1. The summed E-state index contributed by atoms with van der Waals surface area (Å²) in [6.07, 6.45) is 2.10. The van der Waals surface area contributed by atoms with Gasteiger partial charge in [-0.05, 0) is 41.7 Å². The third-order valence-corrected chi connectivity index (χ3v) is 3.66. The lowest BCUT2D eigenvalue weighted by Gasteiger charge is -2.15. The Morgan fingerprint density at radius 3 is 2.42 bits per heavy atom. The number of hydrogen-bond donors (Lipinski definition) is 3. The van der Waals surface area contributed by atoms with Crippen molar-refractivity contribution in [3.05, 3.63) is 42.2 Å². The standard InChI is InChI=1S/C18H22N2O4/c1-11(2)8-16(18(22)23)20-17(21)15-9-13(10-19-15)12-4-6-14(24-3)7-5-12/h4-7,9-11,16,19H,8H2,1-3H3,(H,20,21)(H,22,23)/t16-/m0/s1. The summed E-state index contributed by atoms with van der Waals surface area (Å²) in [6.45, 7) is 3.83. The molecule has 0 unspecified atom stereocenters. The Bertz CT molecular complexity index is 704. The molecule has 0 bridgehead atoms. The van der Waals surface area contributed by atoms with Gasteiger partial charge in [0.2, 0.25) is 0 Å². The molecule has 1 amide bonds. The summed E-state index contributed by atoms with van der Waals surface area (Å²) in [5.74, 6) is -0.531. The predicted molar refractivity (Wildman–Crippen MR) is 91.1 cm³/mol. The van der Waals surface area contributed by atoms with Crippen molar-refractivity contribution in [2.75, 3.05) is 7.11 Å². The molecule has 2 aromatic rings. The molecule has 0 fully saturated rings. The number of carboxylic acids is 1. The van der Waals surface area contributed by atoms with E-state index in [0.29, 0.717) is 12.1 Å². The fourth-order valence-electron chi connectivity index (χ4n) is 2.40. The Kier molecular flexibility index (Phi) is 5.63. The molecule has 0 saturated carbocycles. The number of amides is 1. The first-order valence-corrected chi connectivity index (χ1v) is 7.77. The molecule has 24 heavy (non-hydrogen) atoms. The van der Waals surface area contributed by atoms with Gasteiger partial charge in [0.15, 0.2) is 0 Å². The summed E-state index contributed by atoms with van der Waals surface area (Å²) in [5.41, 5.74) is 2.11. The zero-order valence-corrected chi connectivity index (χ0v) is 14.0. The van der Waals surface area contributed by atoms with Crippen LogP contribution in [0.4, 0.5) is 0 Å². The fourth-order valence-corrected chi connectivity index (χ4v) is 2.40. The van der Waals surface area contributed by atoms with Gasteiger partial charge >= 0.3 is 5.97 Å². The van der Waals surface area contributed by atoms with Gasteiger partial charge in [-0.25, -0.2) is 4.79 Å². The number of carboxylic acid groups (broad SMARTS) is 1. The number of rotatable bonds is 7. The quantitative estimate of drug-likeness (QED) is 0.728. The molecule has 2 rings (SSSR count). The maximum atomic E-state index is 12.3. The maximum absolute atomic E-state index is 12.3. The molecule has 0 aliphatic carbocycles. The van der Waals surface area contributed by atoms with Crippen LogP contribution in [0.15, 0.2) is 36.5 Å². The van der Waals surface area contributed by atoms with Crippen LogP contribution in [0, 0.1) is 5.92 Å². The monoisotopic (exact) mass is 330 g/mol. The number of ether oxygens (including phenoxy) is 1. The van der Waals surface area contributed by atoms with E-state index in [1.165, 1.54) is 0 Å². The van der Waals surface area contributed by atoms with Crippen molar-refractivity contribution in [1.29, 1.82) is 0 Å². The predicted octanol–water partition coefficient (Wildman–Crippen LogP) is 2.92. The summed E-state index contributed by atoms with van der Waals surface area (Å²) in [7, 11) is 1.60. The Hall–Kier alpha value is -2.76. The number of aromatic nitrogens is 1. The number of nitrogens with one attached hydrogen (secondary N) is 2. The van der Waals surface area contributed by atoms with Crippen LogP contribution in [0.1, 0.15) is 30.8 Å². The largest absolute Gasteiger partial charge is 0.497 e. The van der Waals surface area contributed by atoms with Crippen LogP contribution in [0.3, 0.4) is 0 Å². The van der Waals surface area contributed by atoms with Gasteiger partial charge in [0.25, 0.3) is 5.91 Å². The molecule has 1 aromatic carbocycles. The molecule has 1 heterocycles. The molecule has 0 aliphatic rings. The summed E-state index contributed by atoms with van der Waals surface area (Å²) >= 11 is 0. The highest BCUT2D eigenvalue weighted by atomic mass is 16.5. The number of benzene rings is 1. The Balaban J connectivity index is 2.10. The molecule has 0 saturated heterocycles. The molecule has 1 aromatic heterocycles. The molecule has 0 aliphatic heterocycles. The Labute approximate surface area is 140 Å². The Morgan fingerprint density at radius 1 is 1.21 bits per heavy atom. The van der Waals surface area contributed by atoms with E-state index in [1.807, 2.05) is 38.1 Å². The molecule has 6 heteroatoms. The average molecular weight is 330 g/mol. The van der Waals surface area contributed by atoms with Crippen molar-refractivity contribution in [3.63, 3.8) is 0 Å². The molecule has 1 atom stereocenters. The van der Waals surface area contributed by atoms with Crippen molar-refractivity contribution in [3.8, 4) is 16.9 Å². The molecule has 3 N–H and O–H groups in total. The van der Waals surface area contributed by atoms with Gasteiger partial charge in [0.05, 0.1) is 7.11 Å². The second-order valence-corrected chi connectivity index (χ2v) is 6.02. The van der Waals surface area contributed by atoms with E-state index >= 15 is 0 Å².